The number of aliphatic carboxylic acids is 1. The molecule has 24 heavy (non-hydrogen) atoms. The zero-order valence-electron chi connectivity index (χ0n) is 13.3. The first-order valence-corrected chi connectivity index (χ1v) is 7.80. The number of likely N-dealkylation sites (tertiary alicyclic amines) is 1. The third-order valence-electron chi connectivity index (χ3n) is 4.44. The van der Waals surface area contributed by atoms with Gasteiger partial charge in [-0.15, -0.1) is 0 Å². The summed E-state index contributed by atoms with van der Waals surface area (Å²) >= 11 is 0. The Morgan fingerprint density at radius 3 is 2.46 bits per heavy atom. The minimum absolute atomic E-state index is 0.128. The maximum Gasteiger partial charge on any atom is 0.308 e. The highest BCUT2D eigenvalue weighted by Gasteiger charge is 2.40. The van der Waals surface area contributed by atoms with Gasteiger partial charge in [-0.2, -0.15) is 0 Å². The lowest BCUT2D eigenvalue weighted by Gasteiger charge is -2.17. The van der Waals surface area contributed by atoms with Gasteiger partial charge in [0.1, 0.15) is 5.82 Å². The highest BCUT2D eigenvalue weighted by Crippen LogP contribution is 2.33. The Hall–Kier alpha value is -2.69. The van der Waals surface area contributed by atoms with Crippen LogP contribution in [0.5, 0.6) is 0 Å². The van der Waals surface area contributed by atoms with Crippen molar-refractivity contribution in [1.82, 2.24) is 4.90 Å². The van der Waals surface area contributed by atoms with Crippen LogP contribution in [-0.4, -0.2) is 35.0 Å². The van der Waals surface area contributed by atoms with E-state index in [1.54, 1.807) is 13.0 Å². The quantitative estimate of drug-likeness (QED) is 0.942. The number of halogens is 1. The zero-order chi connectivity index (χ0) is 17.3. The SMILES string of the molecule is Cc1cc(F)cc(C(=O)N2CC(C(=O)O)C(c3ccccc3)C2)c1. The first-order valence-electron chi connectivity index (χ1n) is 7.80. The van der Waals surface area contributed by atoms with Crippen LogP contribution in [-0.2, 0) is 4.79 Å². The van der Waals surface area contributed by atoms with Crippen LogP contribution in [0.2, 0.25) is 0 Å². The molecule has 0 aromatic heterocycles. The molecule has 1 saturated heterocycles. The number of carbonyl (C=O) groups excluding carboxylic acids is 1. The molecule has 1 aliphatic heterocycles. The molecule has 2 atom stereocenters. The molecule has 124 valence electrons. The minimum atomic E-state index is -0.922. The van der Waals surface area contributed by atoms with Gasteiger partial charge >= 0.3 is 5.97 Å². The number of carbonyl (C=O) groups is 2. The van der Waals surface area contributed by atoms with Gasteiger partial charge in [-0.3, -0.25) is 9.59 Å². The van der Waals surface area contributed by atoms with Gasteiger partial charge in [0.25, 0.3) is 5.91 Å². The van der Waals surface area contributed by atoms with Gasteiger partial charge in [-0.1, -0.05) is 30.3 Å². The summed E-state index contributed by atoms with van der Waals surface area (Å²) in [6.07, 6.45) is 0. The average Bonchev–Trinajstić information content (AvgIpc) is 2.99. The molecule has 1 heterocycles. The van der Waals surface area contributed by atoms with Crippen LogP contribution in [0, 0.1) is 18.7 Å². The number of hydrogen-bond acceptors (Lipinski definition) is 2. The summed E-state index contributed by atoms with van der Waals surface area (Å²) in [7, 11) is 0. The molecule has 0 aliphatic carbocycles. The van der Waals surface area contributed by atoms with Crippen molar-refractivity contribution in [3.8, 4) is 0 Å². The lowest BCUT2D eigenvalue weighted by molar-refractivity contribution is -0.141. The first-order chi connectivity index (χ1) is 11.5. The summed E-state index contributed by atoms with van der Waals surface area (Å²) in [4.78, 5) is 25.8. The molecule has 0 bridgehead atoms. The molecule has 5 heteroatoms. The number of nitrogens with zero attached hydrogens (tertiary/aromatic N) is 1. The lowest BCUT2D eigenvalue weighted by atomic mass is 9.89. The molecule has 0 saturated carbocycles. The van der Waals surface area contributed by atoms with Crippen molar-refractivity contribution in [1.29, 1.82) is 0 Å². The predicted molar refractivity (Wildman–Crippen MR) is 87.3 cm³/mol. The van der Waals surface area contributed by atoms with Gasteiger partial charge in [0, 0.05) is 24.6 Å². The van der Waals surface area contributed by atoms with E-state index in [4.69, 9.17) is 0 Å². The molecule has 2 aromatic carbocycles. The van der Waals surface area contributed by atoms with E-state index in [2.05, 4.69) is 0 Å². The number of rotatable bonds is 3. The number of carboxylic acid groups (broad SMARTS) is 1. The monoisotopic (exact) mass is 327 g/mol. The van der Waals surface area contributed by atoms with Gasteiger partial charge in [0.15, 0.2) is 0 Å². The second-order valence-corrected chi connectivity index (χ2v) is 6.19. The van der Waals surface area contributed by atoms with Crippen LogP contribution in [0.25, 0.3) is 0 Å². The number of carboxylic acids is 1. The molecule has 2 unspecified atom stereocenters. The summed E-state index contributed by atoms with van der Waals surface area (Å²) in [5, 5.41) is 9.51. The van der Waals surface area contributed by atoms with Crippen molar-refractivity contribution < 1.29 is 19.1 Å². The molecule has 2 aromatic rings. The number of aryl methyl sites for hydroxylation is 1. The molecule has 0 spiro atoms. The fourth-order valence-electron chi connectivity index (χ4n) is 3.30. The van der Waals surface area contributed by atoms with Crippen LogP contribution < -0.4 is 0 Å². The lowest BCUT2D eigenvalue weighted by Crippen LogP contribution is -2.30. The Morgan fingerprint density at radius 1 is 1.12 bits per heavy atom. The number of benzene rings is 2. The summed E-state index contributed by atoms with van der Waals surface area (Å²) in [5.41, 5.74) is 1.81. The van der Waals surface area contributed by atoms with Crippen LogP contribution in [0.3, 0.4) is 0 Å². The molecule has 1 fully saturated rings. The van der Waals surface area contributed by atoms with Gasteiger partial charge in [-0.25, -0.2) is 4.39 Å². The van der Waals surface area contributed by atoms with Crippen molar-refractivity contribution >= 4 is 11.9 Å². The van der Waals surface area contributed by atoms with E-state index < -0.39 is 17.7 Å². The van der Waals surface area contributed by atoms with E-state index in [1.807, 2.05) is 30.3 Å². The Labute approximate surface area is 139 Å². The first kappa shape index (κ1) is 16.2. The Morgan fingerprint density at radius 2 is 1.83 bits per heavy atom. The highest BCUT2D eigenvalue weighted by molar-refractivity contribution is 5.95. The maximum absolute atomic E-state index is 13.6. The third-order valence-corrected chi connectivity index (χ3v) is 4.44. The van der Waals surface area contributed by atoms with Gasteiger partial charge in [-0.05, 0) is 36.2 Å². The van der Waals surface area contributed by atoms with Crippen LogP contribution in [0.1, 0.15) is 27.4 Å². The fraction of sp³-hybridized carbons (Fsp3) is 0.263. The van der Waals surface area contributed by atoms with Crippen LogP contribution in [0.4, 0.5) is 4.39 Å². The average molecular weight is 327 g/mol. The molecule has 1 amide bonds. The largest absolute Gasteiger partial charge is 0.481 e. The van der Waals surface area contributed by atoms with Gasteiger partial charge in [0.2, 0.25) is 0 Å². The second kappa shape index (κ2) is 6.43. The van der Waals surface area contributed by atoms with E-state index in [0.29, 0.717) is 12.1 Å². The molecular formula is C19H18FNO3. The Kier molecular flexibility index (Phi) is 4.34. The molecule has 1 N–H and O–H groups in total. The third kappa shape index (κ3) is 3.15. The van der Waals surface area contributed by atoms with Crippen molar-refractivity contribution in [3.63, 3.8) is 0 Å². The standard InChI is InChI=1S/C19H18FNO3/c1-12-7-14(9-15(20)8-12)18(22)21-10-16(17(11-21)19(23)24)13-5-3-2-4-6-13/h2-9,16-17H,10-11H2,1H3,(H,23,24). The van der Waals surface area contributed by atoms with Crippen molar-refractivity contribution in [2.24, 2.45) is 5.92 Å². The van der Waals surface area contributed by atoms with E-state index >= 15 is 0 Å². The number of hydrogen-bond donors (Lipinski definition) is 1. The van der Waals surface area contributed by atoms with E-state index in [9.17, 15) is 19.1 Å². The zero-order valence-corrected chi connectivity index (χ0v) is 13.3. The molecule has 3 rings (SSSR count). The van der Waals surface area contributed by atoms with Gasteiger partial charge in [0.05, 0.1) is 5.92 Å². The Bertz CT molecular complexity index is 755. The summed E-state index contributed by atoms with van der Waals surface area (Å²) in [5.74, 6) is -2.64. The summed E-state index contributed by atoms with van der Waals surface area (Å²) in [6.45, 7) is 2.16. The summed E-state index contributed by atoms with van der Waals surface area (Å²) in [6, 6.07) is 13.5. The fourth-order valence-corrected chi connectivity index (χ4v) is 3.30. The van der Waals surface area contributed by atoms with Crippen molar-refractivity contribution in [2.45, 2.75) is 12.8 Å². The topological polar surface area (TPSA) is 57.6 Å². The van der Waals surface area contributed by atoms with E-state index in [0.717, 1.165) is 5.56 Å². The maximum atomic E-state index is 13.6. The normalized spacial score (nSPS) is 20.2. The minimum Gasteiger partial charge on any atom is -0.481 e. The molecular weight excluding hydrogens is 309 g/mol. The van der Waals surface area contributed by atoms with Crippen LogP contribution >= 0.6 is 0 Å². The molecule has 0 radical (unpaired) electrons. The smallest absolute Gasteiger partial charge is 0.308 e. The molecule has 4 nitrogen and oxygen atoms in total. The van der Waals surface area contributed by atoms with E-state index in [-0.39, 0.29) is 23.9 Å². The predicted octanol–water partition coefficient (Wildman–Crippen LogP) is 3.07. The highest BCUT2D eigenvalue weighted by atomic mass is 19.1. The summed E-state index contributed by atoms with van der Waals surface area (Å²) < 4.78 is 13.6. The van der Waals surface area contributed by atoms with Crippen molar-refractivity contribution in [2.75, 3.05) is 13.1 Å². The van der Waals surface area contributed by atoms with Gasteiger partial charge < -0.3 is 10.0 Å². The van der Waals surface area contributed by atoms with E-state index in [1.165, 1.54) is 17.0 Å². The van der Waals surface area contributed by atoms with Crippen LogP contribution in [0.15, 0.2) is 48.5 Å². The van der Waals surface area contributed by atoms with Crippen molar-refractivity contribution in [3.05, 3.63) is 71.0 Å². The number of amides is 1. The Balaban J connectivity index is 1.87. The second-order valence-electron chi connectivity index (χ2n) is 6.19. The molecule has 1 aliphatic rings.